The molecule has 0 amide bonds. The van der Waals surface area contributed by atoms with Gasteiger partial charge in [0, 0.05) is 13.1 Å². The zero-order valence-corrected chi connectivity index (χ0v) is 8.86. The zero-order chi connectivity index (χ0) is 9.36. The molecule has 0 atom stereocenters. The molecule has 0 bridgehead atoms. The van der Waals surface area contributed by atoms with Gasteiger partial charge < -0.3 is 10.1 Å². The summed E-state index contributed by atoms with van der Waals surface area (Å²) in [7, 11) is 0. The summed E-state index contributed by atoms with van der Waals surface area (Å²) < 4.78 is 6.24. The topological polar surface area (TPSA) is 21.3 Å². The Morgan fingerprint density at radius 3 is 2.31 bits per heavy atom. The van der Waals surface area contributed by atoms with Crippen molar-refractivity contribution in [3.05, 3.63) is 0 Å². The third-order valence-corrected chi connectivity index (χ3v) is 3.26. The van der Waals surface area contributed by atoms with Gasteiger partial charge in [0.1, 0.15) is 0 Å². The number of hydrogen-bond donors (Lipinski definition) is 1. The number of morpholine rings is 1. The predicted molar refractivity (Wildman–Crippen MR) is 53.8 cm³/mol. The lowest BCUT2D eigenvalue weighted by molar-refractivity contribution is -0.175. The van der Waals surface area contributed by atoms with Gasteiger partial charge in [0.05, 0.1) is 11.2 Å². The minimum Gasteiger partial charge on any atom is -0.366 e. The molecule has 2 rings (SSSR count). The van der Waals surface area contributed by atoms with Crippen LogP contribution in [0.5, 0.6) is 0 Å². The Bertz CT molecular complexity index is 177. The largest absolute Gasteiger partial charge is 0.366 e. The highest BCUT2D eigenvalue weighted by atomic mass is 16.5. The van der Waals surface area contributed by atoms with Crippen LogP contribution in [0.2, 0.25) is 0 Å². The first kappa shape index (κ1) is 9.47. The third-order valence-electron chi connectivity index (χ3n) is 3.26. The second-order valence-corrected chi connectivity index (χ2v) is 5.21. The summed E-state index contributed by atoms with van der Waals surface area (Å²) in [5, 5.41) is 3.51. The lowest BCUT2D eigenvalue weighted by Crippen LogP contribution is -2.58. The molecule has 2 aliphatic rings. The van der Waals surface area contributed by atoms with Crippen molar-refractivity contribution in [2.45, 2.75) is 57.2 Å². The second-order valence-electron chi connectivity index (χ2n) is 5.21. The standard InChI is InChI=1S/C11H21NO/c1-10(2)8-12-9-11(13-10)6-4-3-5-7-11/h12H,3-9H2,1-2H3. The van der Waals surface area contributed by atoms with Gasteiger partial charge in [0.2, 0.25) is 0 Å². The number of rotatable bonds is 0. The quantitative estimate of drug-likeness (QED) is 0.621. The van der Waals surface area contributed by atoms with Crippen molar-refractivity contribution in [3.63, 3.8) is 0 Å². The number of hydrogen-bond acceptors (Lipinski definition) is 2. The van der Waals surface area contributed by atoms with Gasteiger partial charge in [0.15, 0.2) is 0 Å². The van der Waals surface area contributed by atoms with Crippen molar-refractivity contribution in [1.29, 1.82) is 0 Å². The fourth-order valence-corrected chi connectivity index (χ4v) is 2.72. The zero-order valence-electron chi connectivity index (χ0n) is 8.86. The molecule has 1 heterocycles. The van der Waals surface area contributed by atoms with E-state index < -0.39 is 0 Å². The molecule has 1 aliphatic heterocycles. The van der Waals surface area contributed by atoms with E-state index in [1.165, 1.54) is 32.1 Å². The summed E-state index contributed by atoms with van der Waals surface area (Å²) in [6, 6.07) is 0. The molecule has 2 fully saturated rings. The first-order valence-electron chi connectivity index (χ1n) is 5.53. The molecular formula is C11H21NO. The summed E-state index contributed by atoms with van der Waals surface area (Å²) in [5.74, 6) is 0. The molecule has 13 heavy (non-hydrogen) atoms. The molecule has 0 unspecified atom stereocenters. The summed E-state index contributed by atoms with van der Waals surface area (Å²) in [5.41, 5.74) is 0.218. The molecule has 1 aliphatic carbocycles. The Morgan fingerprint density at radius 1 is 1.00 bits per heavy atom. The maximum Gasteiger partial charge on any atom is 0.0814 e. The normalized spacial score (nSPS) is 31.8. The first-order valence-corrected chi connectivity index (χ1v) is 5.53. The Hall–Kier alpha value is -0.0800. The minimum atomic E-state index is 0.0373. The van der Waals surface area contributed by atoms with Crippen LogP contribution in [0.25, 0.3) is 0 Å². The molecule has 0 radical (unpaired) electrons. The molecule has 0 aromatic carbocycles. The smallest absolute Gasteiger partial charge is 0.0814 e. The van der Waals surface area contributed by atoms with Crippen LogP contribution in [0.15, 0.2) is 0 Å². The van der Waals surface area contributed by atoms with Crippen LogP contribution in [-0.2, 0) is 4.74 Å². The van der Waals surface area contributed by atoms with E-state index in [0.29, 0.717) is 0 Å². The average Bonchev–Trinajstić information content (AvgIpc) is 2.03. The fraction of sp³-hybridized carbons (Fsp3) is 1.00. The Kier molecular flexibility index (Phi) is 2.37. The molecule has 1 N–H and O–H groups in total. The van der Waals surface area contributed by atoms with E-state index in [4.69, 9.17) is 4.74 Å². The highest BCUT2D eigenvalue weighted by molar-refractivity contribution is 4.94. The van der Waals surface area contributed by atoms with Crippen LogP contribution in [0.3, 0.4) is 0 Å². The molecule has 0 aromatic heterocycles. The van der Waals surface area contributed by atoms with Crippen molar-refractivity contribution >= 4 is 0 Å². The van der Waals surface area contributed by atoms with Gasteiger partial charge in [-0.15, -0.1) is 0 Å². The van der Waals surface area contributed by atoms with Crippen LogP contribution >= 0.6 is 0 Å². The van der Waals surface area contributed by atoms with Crippen LogP contribution in [-0.4, -0.2) is 24.3 Å². The van der Waals surface area contributed by atoms with Crippen molar-refractivity contribution in [3.8, 4) is 0 Å². The van der Waals surface area contributed by atoms with Crippen LogP contribution in [0, 0.1) is 0 Å². The van der Waals surface area contributed by atoms with Gasteiger partial charge in [-0.1, -0.05) is 19.3 Å². The summed E-state index contributed by atoms with van der Waals surface area (Å²) >= 11 is 0. The molecule has 0 aromatic rings. The van der Waals surface area contributed by atoms with Crippen LogP contribution in [0.4, 0.5) is 0 Å². The summed E-state index contributed by atoms with van der Waals surface area (Å²) in [4.78, 5) is 0. The van der Waals surface area contributed by atoms with Crippen LogP contribution in [0.1, 0.15) is 46.0 Å². The van der Waals surface area contributed by atoms with E-state index in [1.54, 1.807) is 0 Å². The Balaban J connectivity index is 2.04. The van der Waals surface area contributed by atoms with Gasteiger partial charge in [-0.3, -0.25) is 0 Å². The summed E-state index contributed by atoms with van der Waals surface area (Å²) in [6.07, 6.45) is 6.59. The highest BCUT2D eigenvalue weighted by Gasteiger charge is 2.41. The van der Waals surface area contributed by atoms with Gasteiger partial charge in [-0.25, -0.2) is 0 Å². The van der Waals surface area contributed by atoms with E-state index in [9.17, 15) is 0 Å². The van der Waals surface area contributed by atoms with E-state index in [-0.39, 0.29) is 11.2 Å². The first-order chi connectivity index (χ1) is 6.12. The van der Waals surface area contributed by atoms with E-state index in [0.717, 1.165) is 13.1 Å². The van der Waals surface area contributed by atoms with Gasteiger partial charge in [-0.05, 0) is 26.7 Å². The average molecular weight is 183 g/mol. The third kappa shape index (κ3) is 2.05. The van der Waals surface area contributed by atoms with Crippen molar-refractivity contribution in [2.24, 2.45) is 0 Å². The molecule has 1 saturated heterocycles. The van der Waals surface area contributed by atoms with Gasteiger partial charge in [0.25, 0.3) is 0 Å². The predicted octanol–water partition coefficient (Wildman–Crippen LogP) is 2.09. The van der Waals surface area contributed by atoms with Crippen molar-refractivity contribution < 1.29 is 4.74 Å². The van der Waals surface area contributed by atoms with Crippen LogP contribution < -0.4 is 5.32 Å². The van der Waals surface area contributed by atoms with E-state index >= 15 is 0 Å². The lowest BCUT2D eigenvalue weighted by atomic mass is 9.82. The SMILES string of the molecule is CC1(C)CNCC2(CCCCC2)O1. The van der Waals surface area contributed by atoms with Crippen molar-refractivity contribution in [2.75, 3.05) is 13.1 Å². The molecule has 2 heteroatoms. The Labute approximate surface area is 81.0 Å². The summed E-state index contributed by atoms with van der Waals surface area (Å²) in [6.45, 7) is 6.44. The molecule has 1 saturated carbocycles. The van der Waals surface area contributed by atoms with Gasteiger partial charge >= 0.3 is 0 Å². The Morgan fingerprint density at radius 2 is 1.69 bits per heavy atom. The molecule has 2 nitrogen and oxygen atoms in total. The number of ether oxygens (including phenoxy) is 1. The monoisotopic (exact) mass is 183 g/mol. The second kappa shape index (κ2) is 3.25. The molecule has 76 valence electrons. The maximum atomic E-state index is 6.24. The molecule has 1 spiro atoms. The van der Waals surface area contributed by atoms with E-state index in [1.807, 2.05) is 0 Å². The fourth-order valence-electron chi connectivity index (χ4n) is 2.72. The van der Waals surface area contributed by atoms with E-state index in [2.05, 4.69) is 19.2 Å². The molecular weight excluding hydrogens is 162 g/mol. The highest BCUT2D eigenvalue weighted by Crippen LogP contribution is 2.36. The minimum absolute atomic E-state index is 0.0373. The lowest BCUT2D eigenvalue weighted by Gasteiger charge is -2.47. The maximum absolute atomic E-state index is 6.24. The van der Waals surface area contributed by atoms with Crippen molar-refractivity contribution in [1.82, 2.24) is 5.32 Å². The van der Waals surface area contributed by atoms with Gasteiger partial charge in [-0.2, -0.15) is 0 Å². The number of nitrogens with one attached hydrogen (secondary N) is 1.